The van der Waals surface area contributed by atoms with Crippen molar-refractivity contribution in [3.63, 3.8) is 0 Å². The van der Waals surface area contributed by atoms with E-state index in [0.717, 1.165) is 12.8 Å². The van der Waals surface area contributed by atoms with Crippen LogP contribution in [0.1, 0.15) is 12.8 Å². The number of non-ortho nitro benzene ring substituents is 1. The van der Waals surface area contributed by atoms with Gasteiger partial charge in [0.25, 0.3) is 11.7 Å². The van der Waals surface area contributed by atoms with Crippen LogP contribution in [0, 0.1) is 10.1 Å². The number of fused-ring (bicyclic) bond motifs is 1. The molecule has 2 heterocycles. The van der Waals surface area contributed by atoms with Crippen molar-refractivity contribution in [1.29, 1.82) is 0 Å². The maximum Gasteiger partial charge on any atom is 0.295 e. The Bertz CT molecular complexity index is 674. The Labute approximate surface area is 117 Å². The van der Waals surface area contributed by atoms with E-state index in [2.05, 4.69) is 10.3 Å². The fourth-order valence-electron chi connectivity index (χ4n) is 2.20. The highest BCUT2D eigenvalue weighted by molar-refractivity contribution is 7.85. The first-order valence-corrected chi connectivity index (χ1v) is 7.77. The van der Waals surface area contributed by atoms with E-state index in [-0.39, 0.29) is 11.7 Å². The average Bonchev–Trinajstić information content (AvgIpc) is 2.82. The summed E-state index contributed by atoms with van der Waals surface area (Å²) in [6.45, 7) is 0. The van der Waals surface area contributed by atoms with E-state index < -0.39 is 15.7 Å². The van der Waals surface area contributed by atoms with E-state index in [9.17, 15) is 14.3 Å². The molecule has 1 aromatic carbocycles. The zero-order valence-electron chi connectivity index (χ0n) is 10.6. The van der Waals surface area contributed by atoms with Crippen LogP contribution < -0.4 is 5.32 Å². The van der Waals surface area contributed by atoms with Crippen LogP contribution in [0.5, 0.6) is 0 Å². The monoisotopic (exact) mass is 295 g/mol. The molecule has 1 fully saturated rings. The van der Waals surface area contributed by atoms with E-state index in [0.29, 0.717) is 28.6 Å². The summed E-state index contributed by atoms with van der Waals surface area (Å²) >= 11 is 0. The minimum absolute atomic E-state index is 0.0201. The summed E-state index contributed by atoms with van der Waals surface area (Å²) < 4.78 is 16.8. The number of benzene rings is 1. The van der Waals surface area contributed by atoms with Crippen molar-refractivity contribution in [2.45, 2.75) is 18.9 Å². The molecule has 0 unspecified atom stereocenters. The molecule has 1 N–H and O–H groups in total. The predicted molar refractivity (Wildman–Crippen MR) is 75.2 cm³/mol. The fourth-order valence-corrected chi connectivity index (χ4v) is 3.50. The van der Waals surface area contributed by atoms with Gasteiger partial charge in [-0.3, -0.25) is 14.3 Å². The molecule has 8 heteroatoms. The van der Waals surface area contributed by atoms with Gasteiger partial charge in [-0.2, -0.15) is 4.98 Å². The SMILES string of the molecule is O=[N+]([O-])c1ccc2nc(NC3CCS(=O)CC3)oc2c1. The van der Waals surface area contributed by atoms with Crippen molar-refractivity contribution in [3.05, 3.63) is 28.3 Å². The van der Waals surface area contributed by atoms with Gasteiger partial charge in [0.1, 0.15) is 5.52 Å². The van der Waals surface area contributed by atoms with Crippen molar-refractivity contribution >= 4 is 33.6 Å². The normalized spacial score (nSPS) is 22.8. The van der Waals surface area contributed by atoms with Crippen LogP contribution in [-0.2, 0) is 10.8 Å². The van der Waals surface area contributed by atoms with Gasteiger partial charge < -0.3 is 9.73 Å². The lowest BCUT2D eigenvalue weighted by molar-refractivity contribution is -0.384. The molecule has 1 saturated heterocycles. The Morgan fingerprint density at radius 2 is 2.15 bits per heavy atom. The van der Waals surface area contributed by atoms with Crippen LogP contribution in [0.15, 0.2) is 22.6 Å². The number of hydrogen-bond donors (Lipinski definition) is 1. The van der Waals surface area contributed by atoms with Gasteiger partial charge in [-0.15, -0.1) is 0 Å². The minimum Gasteiger partial charge on any atom is -0.423 e. The first kappa shape index (κ1) is 13.0. The van der Waals surface area contributed by atoms with Gasteiger partial charge >= 0.3 is 0 Å². The van der Waals surface area contributed by atoms with Gasteiger partial charge in [0, 0.05) is 34.4 Å². The summed E-state index contributed by atoms with van der Waals surface area (Å²) in [7, 11) is -0.708. The number of nitrogens with zero attached hydrogens (tertiary/aromatic N) is 2. The first-order valence-electron chi connectivity index (χ1n) is 6.28. The predicted octanol–water partition coefficient (Wildman–Crippen LogP) is 2.06. The summed E-state index contributed by atoms with van der Waals surface area (Å²) in [4.78, 5) is 14.5. The first-order chi connectivity index (χ1) is 9.61. The molecule has 1 aliphatic rings. The molecule has 20 heavy (non-hydrogen) atoms. The topological polar surface area (TPSA) is 98.3 Å². The van der Waals surface area contributed by atoms with E-state index >= 15 is 0 Å². The molecule has 0 aliphatic carbocycles. The second-order valence-electron chi connectivity index (χ2n) is 4.69. The van der Waals surface area contributed by atoms with E-state index in [1.807, 2.05) is 0 Å². The van der Waals surface area contributed by atoms with Gasteiger partial charge in [-0.25, -0.2) is 0 Å². The van der Waals surface area contributed by atoms with Crippen molar-refractivity contribution < 1.29 is 13.5 Å². The molecule has 106 valence electrons. The molecule has 0 saturated carbocycles. The van der Waals surface area contributed by atoms with Gasteiger partial charge in [-0.05, 0) is 18.9 Å². The largest absolute Gasteiger partial charge is 0.423 e. The van der Waals surface area contributed by atoms with Crippen LogP contribution >= 0.6 is 0 Å². The summed E-state index contributed by atoms with van der Waals surface area (Å²) in [6, 6.07) is 4.88. The molecule has 7 nitrogen and oxygen atoms in total. The average molecular weight is 295 g/mol. The Hall–Kier alpha value is -1.96. The molecular weight excluding hydrogens is 282 g/mol. The lowest BCUT2D eigenvalue weighted by Crippen LogP contribution is -2.29. The molecule has 1 aromatic heterocycles. The van der Waals surface area contributed by atoms with Crippen LogP contribution in [0.2, 0.25) is 0 Å². The standard InChI is InChI=1S/C12H13N3O4S/c16-15(17)9-1-2-10-11(7-9)19-12(14-10)13-8-3-5-20(18)6-4-8/h1-2,7-8H,3-6H2,(H,13,14). The Kier molecular flexibility index (Phi) is 3.39. The molecule has 0 atom stereocenters. The molecular formula is C12H13N3O4S. The van der Waals surface area contributed by atoms with Crippen LogP contribution in [0.25, 0.3) is 11.1 Å². The van der Waals surface area contributed by atoms with E-state index in [1.165, 1.54) is 12.1 Å². The minimum atomic E-state index is -0.708. The second kappa shape index (κ2) is 5.20. The van der Waals surface area contributed by atoms with E-state index in [1.54, 1.807) is 6.07 Å². The maximum absolute atomic E-state index is 11.3. The van der Waals surface area contributed by atoms with Crippen LogP contribution in [0.3, 0.4) is 0 Å². The van der Waals surface area contributed by atoms with E-state index in [4.69, 9.17) is 4.42 Å². The number of nitrogens with one attached hydrogen (secondary N) is 1. The molecule has 0 bridgehead atoms. The highest BCUT2D eigenvalue weighted by atomic mass is 32.2. The number of oxazole rings is 1. The highest BCUT2D eigenvalue weighted by Crippen LogP contribution is 2.25. The Morgan fingerprint density at radius 1 is 1.40 bits per heavy atom. The third kappa shape index (κ3) is 2.64. The van der Waals surface area contributed by atoms with Crippen molar-refractivity contribution in [2.75, 3.05) is 16.8 Å². The molecule has 0 spiro atoms. The number of aromatic nitrogens is 1. The Morgan fingerprint density at radius 3 is 2.85 bits per heavy atom. The third-order valence-corrected chi connectivity index (χ3v) is 4.68. The van der Waals surface area contributed by atoms with Crippen molar-refractivity contribution in [1.82, 2.24) is 4.98 Å². The highest BCUT2D eigenvalue weighted by Gasteiger charge is 2.20. The van der Waals surface area contributed by atoms with Gasteiger partial charge in [0.2, 0.25) is 0 Å². The summed E-state index contributed by atoms with van der Waals surface area (Å²) in [5, 5.41) is 13.9. The van der Waals surface area contributed by atoms with Crippen molar-refractivity contribution in [2.24, 2.45) is 0 Å². The van der Waals surface area contributed by atoms with Crippen LogP contribution in [0.4, 0.5) is 11.7 Å². The molecule has 0 amide bonds. The quantitative estimate of drug-likeness (QED) is 0.687. The maximum atomic E-state index is 11.3. The molecule has 3 rings (SSSR count). The van der Waals surface area contributed by atoms with Gasteiger partial charge in [-0.1, -0.05) is 0 Å². The molecule has 0 radical (unpaired) electrons. The second-order valence-corrected chi connectivity index (χ2v) is 6.39. The van der Waals surface area contributed by atoms with Gasteiger partial charge in [0.15, 0.2) is 5.58 Å². The number of rotatable bonds is 3. The van der Waals surface area contributed by atoms with Crippen molar-refractivity contribution in [3.8, 4) is 0 Å². The zero-order valence-corrected chi connectivity index (χ0v) is 11.4. The summed E-state index contributed by atoms with van der Waals surface area (Å²) in [5.41, 5.74) is 0.951. The fraction of sp³-hybridized carbons (Fsp3) is 0.417. The number of nitro groups is 1. The number of hydrogen-bond acceptors (Lipinski definition) is 6. The zero-order chi connectivity index (χ0) is 14.1. The lowest BCUT2D eigenvalue weighted by atomic mass is 10.2. The third-order valence-electron chi connectivity index (χ3n) is 3.30. The molecule has 2 aromatic rings. The number of nitro benzene ring substituents is 1. The van der Waals surface area contributed by atoms with Crippen LogP contribution in [-0.4, -0.2) is 31.7 Å². The summed E-state index contributed by atoms with van der Waals surface area (Å²) in [5.74, 6) is 1.37. The summed E-state index contributed by atoms with van der Waals surface area (Å²) in [6.07, 6.45) is 1.62. The number of anilines is 1. The smallest absolute Gasteiger partial charge is 0.295 e. The Balaban J connectivity index is 1.78. The lowest BCUT2D eigenvalue weighted by Gasteiger charge is -2.21. The molecule has 1 aliphatic heterocycles. The van der Waals surface area contributed by atoms with Gasteiger partial charge in [0.05, 0.1) is 11.0 Å².